The summed E-state index contributed by atoms with van der Waals surface area (Å²) in [4.78, 5) is 19.0. The van der Waals surface area contributed by atoms with Crippen molar-refractivity contribution in [3.05, 3.63) is 63.6 Å². The number of aryl methyl sites for hydroxylation is 1. The maximum Gasteiger partial charge on any atom is 0.261 e. The van der Waals surface area contributed by atoms with Crippen LogP contribution >= 0.6 is 22.6 Å². The highest BCUT2D eigenvalue weighted by Gasteiger charge is 2.23. The van der Waals surface area contributed by atoms with Crippen molar-refractivity contribution in [2.75, 3.05) is 6.61 Å². The molecule has 0 saturated heterocycles. The Morgan fingerprint density at radius 3 is 2.52 bits per heavy atom. The lowest BCUT2D eigenvalue weighted by molar-refractivity contribution is -0.136. The highest BCUT2D eigenvalue weighted by atomic mass is 127. The molecule has 6 nitrogen and oxygen atoms in total. The van der Waals surface area contributed by atoms with Crippen LogP contribution in [0.3, 0.4) is 0 Å². The highest BCUT2D eigenvalue weighted by Crippen LogP contribution is 2.19. The Hall–Kier alpha value is -2.42. The maximum atomic E-state index is 12.8. The predicted molar refractivity (Wildman–Crippen MR) is 119 cm³/mol. The fourth-order valence-corrected chi connectivity index (χ4v) is 3.11. The van der Waals surface area contributed by atoms with E-state index in [1.165, 1.54) is 5.56 Å². The van der Waals surface area contributed by atoms with Crippen LogP contribution in [-0.4, -0.2) is 33.6 Å². The van der Waals surface area contributed by atoms with Gasteiger partial charge in [-0.05, 0) is 67.1 Å². The molecule has 0 aliphatic heterocycles. The Bertz CT molecular complexity index is 939. The number of ether oxygens (including phenoxy) is 1. The molecule has 0 saturated carbocycles. The number of amides is 1. The fourth-order valence-electron chi connectivity index (χ4n) is 2.75. The van der Waals surface area contributed by atoms with E-state index in [0.717, 1.165) is 15.6 Å². The van der Waals surface area contributed by atoms with Crippen LogP contribution in [0.15, 0.2) is 53.1 Å². The average Bonchev–Trinajstić information content (AvgIpc) is 3.20. The second kappa shape index (κ2) is 9.87. The number of carbonyl (C=O) groups excluding carboxylic acids is 1. The minimum absolute atomic E-state index is 0.0255. The third-order valence-corrected chi connectivity index (χ3v) is 5.42. The first-order chi connectivity index (χ1) is 14.0. The minimum atomic E-state index is -0.118. The van der Waals surface area contributed by atoms with Crippen molar-refractivity contribution in [3.63, 3.8) is 0 Å². The van der Waals surface area contributed by atoms with Gasteiger partial charge < -0.3 is 14.2 Å². The molecule has 3 aromatic rings. The molecule has 0 radical (unpaired) electrons. The molecule has 0 unspecified atom stereocenters. The SMILES string of the molecule is CC[C@@H](C)N(Cc1nc(-c2ccc(C)cc2)no1)C(=O)COc1ccc(I)cc1. The first-order valence-electron chi connectivity index (χ1n) is 9.53. The maximum absolute atomic E-state index is 12.8. The number of benzene rings is 2. The van der Waals surface area contributed by atoms with Gasteiger partial charge in [-0.1, -0.05) is 41.9 Å². The monoisotopic (exact) mass is 505 g/mol. The van der Waals surface area contributed by atoms with E-state index in [-0.39, 0.29) is 25.1 Å². The van der Waals surface area contributed by atoms with Crippen LogP contribution < -0.4 is 4.74 Å². The van der Waals surface area contributed by atoms with E-state index in [1.54, 1.807) is 4.90 Å². The van der Waals surface area contributed by atoms with Gasteiger partial charge in [0.2, 0.25) is 11.7 Å². The minimum Gasteiger partial charge on any atom is -0.484 e. The fraction of sp³-hybridized carbons (Fsp3) is 0.318. The third kappa shape index (κ3) is 5.79. The second-order valence-electron chi connectivity index (χ2n) is 6.90. The van der Waals surface area contributed by atoms with Crippen LogP contribution in [0, 0.1) is 10.5 Å². The van der Waals surface area contributed by atoms with Crippen molar-refractivity contribution in [1.29, 1.82) is 0 Å². The molecule has 7 heteroatoms. The molecular formula is C22H24IN3O3. The number of nitrogens with zero attached hydrogens (tertiary/aromatic N) is 3. The van der Waals surface area contributed by atoms with E-state index in [0.29, 0.717) is 17.5 Å². The van der Waals surface area contributed by atoms with Gasteiger partial charge in [-0.15, -0.1) is 0 Å². The zero-order valence-corrected chi connectivity index (χ0v) is 18.9. The summed E-state index contributed by atoms with van der Waals surface area (Å²) in [5.74, 6) is 1.48. The Labute approximate surface area is 184 Å². The Morgan fingerprint density at radius 2 is 1.86 bits per heavy atom. The van der Waals surface area contributed by atoms with Gasteiger partial charge in [0.05, 0.1) is 0 Å². The zero-order valence-electron chi connectivity index (χ0n) is 16.8. The molecule has 1 atom stereocenters. The van der Waals surface area contributed by atoms with E-state index in [4.69, 9.17) is 9.26 Å². The van der Waals surface area contributed by atoms with Crippen LogP contribution in [0.1, 0.15) is 31.7 Å². The first kappa shape index (κ1) is 21.3. The van der Waals surface area contributed by atoms with E-state index in [2.05, 4.69) is 32.7 Å². The molecule has 152 valence electrons. The molecule has 0 bridgehead atoms. The third-order valence-electron chi connectivity index (χ3n) is 4.70. The lowest BCUT2D eigenvalue weighted by Crippen LogP contribution is -2.40. The Morgan fingerprint density at radius 1 is 1.17 bits per heavy atom. The van der Waals surface area contributed by atoms with Gasteiger partial charge in [0.1, 0.15) is 12.3 Å². The Kier molecular flexibility index (Phi) is 7.24. The van der Waals surface area contributed by atoms with Gasteiger partial charge in [-0.3, -0.25) is 4.79 Å². The normalized spacial score (nSPS) is 11.9. The number of aromatic nitrogens is 2. The lowest BCUT2D eigenvalue weighted by atomic mass is 10.1. The van der Waals surface area contributed by atoms with Crippen molar-refractivity contribution < 1.29 is 14.1 Å². The van der Waals surface area contributed by atoms with Gasteiger partial charge >= 0.3 is 0 Å². The summed E-state index contributed by atoms with van der Waals surface area (Å²) < 4.78 is 12.2. The highest BCUT2D eigenvalue weighted by molar-refractivity contribution is 14.1. The number of carbonyl (C=O) groups is 1. The standard InChI is InChI=1S/C22H24IN3O3/c1-4-16(3)26(21(27)14-28-19-11-9-18(23)10-12-19)13-20-24-22(25-29-20)17-7-5-15(2)6-8-17/h5-12,16H,4,13-14H2,1-3H3/t16-/m1/s1. The van der Waals surface area contributed by atoms with Crippen LogP contribution in [0.2, 0.25) is 0 Å². The second-order valence-corrected chi connectivity index (χ2v) is 8.14. The smallest absolute Gasteiger partial charge is 0.261 e. The molecule has 0 aliphatic rings. The van der Waals surface area contributed by atoms with Gasteiger partial charge in [0.15, 0.2) is 6.61 Å². The van der Waals surface area contributed by atoms with Crippen molar-refractivity contribution >= 4 is 28.5 Å². The molecule has 0 fully saturated rings. The van der Waals surface area contributed by atoms with Crippen LogP contribution in [0.5, 0.6) is 5.75 Å². The largest absolute Gasteiger partial charge is 0.484 e. The van der Waals surface area contributed by atoms with Gasteiger partial charge in [-0.25, -0.2) is 0 Å². The quantitative estimate of drug-likeness (QED) is 0.410. The number of halogens is 1. The van der Waals surface area contributed by atoms with E-state index in [9.17, 15) is 4.79 Å². The summed E-state index contributed by atoms with van der Waals surface area (Å²) in [6.07, 6.45) is 0.814. The first-order valence-corrected chi connectivity index (χ1v) is 10.6. The van der Waals surface area contributed by atoms with Crippen molar-refractivity contribution in [3.8, 4) is 17.1 Å². The van der Waals surface area contributed by atoms with E-state index in [1.807, 2.05) is 69.3 Å². The molecule has 29 heavy (non-hydrogen) atoms. The van der Waals surface area contributed by atoms with Crippen LogP contribution in [0.25, 0.3) is 11.4 Å². The van der Waals surface area contributed by atoms with Crippen molar-refractivity contribution in [2.45, 2.75) is 39.8 Å². The van der Waals surface area contributed by atoms with E-state index < -0.39 is 0 Å². The average molecular weight is 505 g/mol. The zero-order chi connectivity index (χ0) is 20.8. The molecule has 0 spiro atoms. The summed E-state index contributed by atoms with van der Waals surface area (Å²) in [7, 11) is 0. The molecule has 1 heterocycles. The summed E-state index contributed by atoms with van der Waals surface area (Å²) in [5.41, 5.74) is 2.05. The molecule has 2 aromatic carbocycles. The molecule has 0 N–H and O–H groups in total. The number of hydrogen-bond acceptors (Lipinski definition) is 5. The van der Waals surface area contributed by atoms with Crippen LogP contribution in [0.4, 0.5) is 0 Å². The van der Waals surface area contributed by atoms with Gasteiger partial charge in [-0.2, -0.15) is 4.98 Å². The molecule has 1 amide bonds. The number of hydrogen-bond donors (Lipinski definition) is 0. The summed E-state index contributed by atoms with van der Waals surface area (Å²) >= 11 is 2.23. The van der Waals surface area contributed by atoms with Crippen molar-refractivity contribution in [1.82, 2.24) is 15.0 Å². The van der Waals surface area contributed by atoms with Crippen LogP contribution in [-0.2, 0) is 11.3 Å². The van der Waals surface area contributed by atoms with Gasteiger partial charge in [0, 0.05) is 15.2 Å². The summed E-state index contributed by atoms with van der Waals surface area (Å²) in [6, 6.07) is 15.5. The topological polar surface area (TPSA) is 68.5 Å². The molecule has 0 aliphatic carbocycles. The molecular weight excluding hydrogens is 481 g/mol. The molecule has 3 rings (SSSR count). The summed E-state index contributed by atoms with van der Waals surface area (Å²) in [6.45, 7) is 6.28. The predicted octanol–water partition coefficient (Wildman–Crippen LogP) is 4.86. The lowest BCUT2D eigenvalue weighted by Gasteiger charge is -2.27. The number of rotatable bonds is 8. The van der Waals surface area contributed by atoms with Crippen molar-refractivity contribution in [2.24, 2.45) is 0 Å². The van der Waals surface area contributed by atoms with E-state index >= 15 is 0 Å². The Balaban J connectivity index is 1.68. The summed E-state index contributed by atoms with van der Waals surface area (Å²) in [5, 5.41) is 4.06. The molecule has 1 aromatic heterocycles. The van der Waals surface area contributed by atoms with Gasteiger partial charge in [0.25, 0.3) is 5.91 Å².